The van der Waals surface area contributed by atoms with Crippen molar-refractivity contribution in [3.63, 3.8) is 0 Å². The molecule has 3 rings (SSSR count). The number of hydrogen-bond acceptors (Lipinski definition) is 4. The quantitative estimate of drug-likeness (QED) is 0.695. The van der Waals surface area contributed by atoms with Gasteiger partial charge in [-0.2, -0.15) is 0 Å². The number of hydrogen-bond donors (Lipinski definition) is 1. The van der Waals surface area contributed by atoms with Crippen LogP contribution in [0.4, 0.5) is 0 Å². The van der Waals surface area contributed by atoms with E-state index in [9.17, 15) is 9.59 Å². The first-order chi connectivity index (χ1) is 12.8. The van der Waals surface area contributed by atoms with Gasteiger partial charge in [-0.25, -0.2) is 4.98 Å². The predicted octanol–water partition coefficient (Wildman–Crippen LogP) is 4.13. The average Bonchev–Trinajstić information content (AvgIpc) is 3.03. The van der Waals surface area contributed by atoms with Crippen LogP contribution in [0, 0.1) is 13.8 Å². The molecule has 1 aromatic carbocycles. The Labute approximate surface area is 162 Å². The van der Waals surface area contributed by atoms with E-state index < -0.39 is 0 Å². The number of benzene rings is 1. The van der Waals surface area contributed by atoms with Crippen LogP contribution in [0.1, 0.15) is 49.6 Å². The first-order valence-electron chi connectivity index (χ1n) is 9.17. The third-order valence-electron chi connectivity index (χ3n) is 4.86. The first-order valence-corrected chi connectivity index (χ1v) is 10.1. The number of primary amides is 1. The number of thiophene rings is 1. The van der Waals surface area contributed by atoms with E-state index in [-0.39, 0.29) is 23.8 Å². The zero-order valence-corrected chi connectivity index (χ0v) is 17.0. The number of aryl methyl sites for hydroxylation is 2. The van der Waals surface area contributed by atoms with Crippen molar-refractivity contribution in [2.75, 3.05) is 0 Å². The highest BCUT2D eigenvalue weighted by atomic mass is 32.1. The van der Waals surface area contributed by atoms with Crippen molar-refractivity contribution < 1.29 is 4.79 Å². The van der Waals surface area contributed by atoms with E-state index in [2.05, 4.69) is 32.0 Å². The van der Waals surface area contributed by atoms with Crippen molar-refractivity contribution in [2.24, 2.45) is 5.73 Å². The Balaban J connectivity index is 2.17. The van der Waals surface area contributed by atoms with Crippen molar-refractivity contribution in [3.8, 4) is 11.1 Å². The van der Waals surface area contributed by atoms with Gasteiger partial charge in [0.05, 0.1) is 5.39 Å². The van der Waals surface area contributed by atoms with Gasteiger partial charge in [0.25, 0.3) is 5.56 Å². The highest BCUT2D eigenvalue weighted by Gasteiger charge is 2.18. The molecule has 0 saturated heterocycles. The summed E-state index contributed by atoms with van der Waals surface area (Å²) >= 11 is 1.50. The summed E-state index contributed by atoms with van der Waals surface area (Å²) in [6.07, 6.45) is 0.793. The molecule has 0 radical (unpaired) electrons. The van der Waals surface area contributed by atoms with Crippen LogP contribution in [0.15, 0.2) is 28.4 Å². The SMILES string of the molecule is Cc1ccc(-c2csc3nc(C(C)C)n(CCCC(N)=O)c(=O)c23)cc1C. The molecule has 0 aliphatic rings. The van der Waals surface area contributed by atoms with E-state index >= 15 is 0 Å². The Morgan fingerprint density at radius 2 is 2.00 bits per heavy atom. The Kier molecular flexibility index (Phi) is 5.46. The Hall–Kier alpha value is -2.47. The standard InChI is InChI=1S/C21H25N3O2S/c1-12(2)19-23-20-18(21(26)24(19)9-5-6-17(22)25)16(11-27-20)15-8-7-13(3)14(4)10-15/h7-8,10-12H,5-6,9H2,1-4H3,(H2,22,25). The van der Waals surface area contributed by atoms with Gasteiger partial charge in [-0.3, -0.25) is 14.2 Å². The molecule has 142 valence electrons. The minimum atomic E-state index is -0.352. The second-order valence-corrected chi connectivity index (χ2v) is 8.14. The van der Waals surface area contributed by atoms with Gasteiger partial charge in [-0.15, -0.1) is 11.3 Å². The molecule has 2 aromatic heterocycles. The van der Waals surface area contributed by atoms with Crippen molar-refractivity contribution in [3.05, 3.63) is 50.9 Å². The molecule has 0 fully saturated rings. The van der Waals surface area contributed by atoms with Crippen LogP contribution in [-0.2, 0) is 11.3 Å². The van der Waals surface area contributed by atoms with Crippen LogP contribution in [0.25, 0.3) is 21.3 Å². The van der Waals surface area contributed by atoms with E-state index in [1.807, 2.05) is 19.2 Å². The summed E-state index contributed by atoms with van der Waals surface area (Å²) in [5.74, 6) is 0.517. The lowest BCUT2D eigenvalue weighted by Gasteiger charge is -2.15. The molecule has 2 heterocycles. The van der Waals surface area contributed by atoms with Crippen LogP contribution in [0.5, 0.6) is 0 Å². The summed E-state index contributed by atoms with van der Waals surface area (Å²) in [7, 11) is 0. The normalized spacial score (nSPS) is 11.4. The maximum atomic E-state index is 13.4. The molecule has 0 bridgehead atoms. The summed E-state index contributed by atoms with van der Waals surface area (Å²) in [6.45, 7) is 8.64. The van der Waals surface area contributed by atoms with Crippen LogP contribution in [0.3, 0.4) is 0 Å². The number of carbonyl (C=O) groups is 1. The summed E-state index contributed by atoms with van der Waals surface area (Å²) in [5, 5.41) is 2.67. The fourth-order valence-corrected chi connectivity index (χ4v) is 4.17. The van der Waals surface area contributed by atoms with Gasteiger partial charge < -0.3 is 5.73 Å². The number of carbonyl (C=O) groups excluding carboxylic acids is 1. The molecule has 0 aliphatic heterocycles. The second kappa shape index (κ2) is 7.64. The topological polar surface area (TPSA) is 78.0 Å². The largest absolute Gasteiger partial charge is 0.370 e. The molecule has 0 aliphatic carbocycles. The number of amides is 1. The number of nitrogens with two attached hydrogens (primary N) is 1. The summed E-state index contributed by atoms with van der Waals surface area (Å²) in [6, 6.07) is 6.25. The van der Waals surface area contributed by atoms with Crippen LogP contribution in [-0.4, -0.2) is 15.5 Å². The molecule has 0 atom stereocenters. The molecule has 27 heavy (non-hydrogen) atoms. The minimum Gasteiger partial charge on any atom is -0.370 e. The Morgan fingerprint density at radius 3 is 2.63 bits per heavy atom. The van der Waals surface area contributed by atoms with Crippen molar-refractivity contribution in [1.29, 1.82) is 0 Å². The lowest BCUT2D eigenvalue weighted by molar-refractivity contribution is -0.118. The smallest absolute Gasteiger partial charge is 0.262 e. The van der Waals surface area contributed by atoms with E-state index in [0.717, 1.165) is 21.8 Å². The third kappa shape index (κ3) is 3.81. The molecular formula is C21H25N3O2S. The van der Waals surface area contributed by atoms with Crippen molar-refractivity contribution >= 4 is 27.5 Å². The molecular weight excluding hydrogens is 358 g/mol. The molecule has 6 heteroatoms. The zero-order chi connectivity index (χ0) is 19.7. The molecule has 2 N–H and O–H groups in total. The maximum absolute atomic E-state index is 13.4. The van der Waals surface area contributed by atoms with Crippen molar-refractivity contribution in [2.45, 2.75) is 53.0 Å². The molecule has 3 aromatic rings. The molecule has 0 unspecified atom stereocenters. The van der Waals surface area contributed by atoms with Gasteiger partial charge in [-0.05, 0) is 37.0 Å². The lowest BCUT2D eigenvalue weighted by atomic mass is 10.0. The predicted molar refractivity (Wildman–Crippen MR) is 111 cm³/mol. The van der Waals surface area contributed by atoms with Gasteiger partial charge in [0.1, 0.15) is 10.7 Å². The van der Waals surface area contributed by atoms with E-state index in [1.54, 1.807) is 4.57 Å². The maximum Gasteiger partial charge on any atom is 0.262 e. The monoisotopic (exact) mass is 383 g/mol. The summed E-state index contributed by atoms with van der Waals surface area (Å²) in [5.41, 5.74) is 9.59. The highest BCUT2D eigenvalue weighted by molar-refractivity contribution is 7.17. The lowest BCUT2D eigenvalue weighted by Crippen LogP contribution is -2.26. The molecule has 0 saturated carbocycles. The van der Waals surface area contributed by atoms with Gasteiger partial charge >= 0.3 is 0 Å². The summed E-state index contributed by atoms with van der Waals surface area (Å²) < 4.78 is 1.72. The number of nitrogens with zero attached hydrogens (tertiary/aromatic N) is 2. The Bertz CT molecular complexity index is 1060. The summed E-state index contributed by atoms with van der Waals surface area (Å²) in [4.78, 5) is 30.0. The minimum absolute atomic E-state index is 0.0392. The van der Waals surface area contributed by atoms with E-state index in [4.69, 9.17) is 10.7 Å². The van der Waals surface area contributed by atoms with E-state index in [1.165, 1.54) is 22.5 Å². The van der Waals surface area contributed by atoms with Crippen molar-refractivity contribution in [1.82, 2.24) is 9.55 Å². The van der Waals surface area contributed by atoms with Crippen LogP contribution < -0.4 is 11.3 Å². The van der Waals surface area contributed by atoms with Gasteiger partial charge in [0.15, 0.2) is 0 Å². The fourth-order valence-electron chi connectivity index (χ4n) is 3.23. The Morgan fingerprint density at radius 1 is 1.26 bits per heavy atom. The number of aromatic nitrogens is 2. The van der Waals surface area contributed by atoms with Crippen LogP contribution in [0.2, 0.25) is 0 Å². The average molecular weight is 384 g/mol. The van der Waals surface area contributed by atoms with Gasteiger partial charge in [0.2, 0.25) is 5.91 Å². The van der Waals surface area contributed by atoms with E-state index in [0.29, 0.717) is 18.4 Å². The second-order valence-electron chi connectivity index (χ2n) is 7.28. The number of fused-ring (bicyclic) bond motifs is 1. The van der Waals surface area contributed by atoms with Gasteiger partial charge in [-0.1, -0.05) is 32.0 Å². The zero-order valence-electron chi connectivity index (χ0n) is 16.2. The van der Waals surface area contributed by atoms with Crippen LogP contribution >= 0.6 is 11.3 Å². The molecule has 1 amide bonds. The number of rotatable bonds is 6. The third-order valence-corrected chi connectivity index (χ3v) is 5.73. The fraction of sp³-hybridized carbons (Fsp3) is 0.381. The molecule has 0 spiro atoms. The molecule has 5 nitrogen and oxygen atoms in total. The highest BCUT2D eigenvalue weighted by Crippen LogP contribution is 2.32. The van der Waals surface area contributed by atoms with Gasteiger partial charge in [0, 0.05) is 29.8 Å². The first kappa shape index (κ1) is 19.3.